The number of carbonyl (C=O) groups excluding carboxylic acids is 2. The zero-order valence-corrected chi connectivity index (χ0v) is 18.0. The van der Waals surface area contributed by atoms with Gasteiger partial charge in [-0.1, -0.05) is 12.1 Å². The standard InChI is InChI=1S/C23H23N3O3S/c1-14-6-4-7-18(15(14)2)25-22(27)20-12-30-13-26(20)23(28)17-9-10-19(24-16(17)3)21-8-5-11-29-21/h4-11,20H,12-13H2,1-3H3,(H,25,27)/t20-/m1/s1. The number of aromatic nitrogens is 1. The van der Waals surface area contributed by atoms with E-state index < -0.39 is 6.04 Å². The lowest BCUT2D eigenvalue weighted by molar-refractivity contribution is -0.119. The van der Waals surface area contributed by atoms with Crippen LogP contribution in [-0.4, -0.2) is 39.4 Å². The van der Waals surface area contributed by atoms with E-state index in [2.05, 4.69) is 10.3 Å². The summed E-state index contributed by atoms with van der Waals surface area (Å²) in [5, 5.41) is 3.00. The second-order valence-electron chi connectivity index (χ2n) is 7.33. The Bertz CT molecular complexity index is 1100. The Morgan fingerprint density at radius 1 is 1.13 bits per heavy atom. The molecule has 1 atom stereocenters. The van der Waals surface area contributed by atoms with Gasteiger partial charge >= 0.3 is 0 Å². The summed E-state index contributed by atoms with van der Waals surface area (Å²) in [5.74, 6) is 1.35. The van der Waals surface area contributed by atoms with Gasteiger partial charge in [-0.3, -0.25) is 9.59 Å². The molecule has 3 heterocycles. The van der Waals surface area contributed by atoms with Crippen LogP contribution in [0.3, 0.4) is 0 Å². The van der Waals surface area contributed by atoms with E-state index in [1.807, 2.05) is 38.1 Å². The molecule has 154 valence electrons. The Hall–Kier alpha value is -3.06. The third kappa shape index (κ3) is 3.85. The predicted molar refractivity (Wildman–Crippen MR) is 119 cm³/mol. The van der Waals surface area contributed by atoms with E-state index >= 15 is 0 Å². The lowest BCUT2D eigenvalue weighted by Gasteiger charge is -2.24. The first kappa shape index (κ1) is 20.2. The molecule has 2 aromatic heterocycles. The lowest BCUT2D eigenvalue weighted by Crippen LogP contribution is -2.44. The first-order chi connectivity index (χ1) is 14.5. The van der Waals surface area contributed by atoms with Crippen molar-refractivity contribution < 1.29 is 14.0 Å². The molecule has 2 amide bonds. The molecule has 0 unspecified atom stereocenters. The number of pyridine rings is 1. The summed E-state index contributed by atoms with van der Waals surface area (Å²) >= 11 is 1.58. The van der Waals surface area contributed by atoms with E-state index in [0.29, 0.717) is 34.3 Å². The lowest BCUT2D eigenvalue weighted by atomic mass is 10.1. The molecular weight excluding hydrogens is 398 g/mol. The average Bonchev–Trinajstić information content (AvgIpc) is 3.43. The molecule has 1 N–H and O–H groups in total. The first-order valence-electron chi connectivity index (χ1n) is 9.73. The highest BCUT2D eigenvalue weighted by atomic mass is 32.2. The molecule has 7 heteroatoms. The van der Waals surface area contributed by atoms with Crippen LogP contribution >= 0.6 is 11.8 Å². The fraction of sp³-hybridized carbons (Fsp3) is 0.261. The van der Waals surface area contributed by atoms with Crippen molar-refractivity contribution in [3.8, 4) is 11.5 Å². The molecule has 3 aromatic rings. The van der Waals surface area contributed by atoms with Crippen molar-refractivity contribution in [1.29, 1.82) is 0 Å². The summed E-state index contributed by atoms with van der Waals surface area (Å²) in [5.41, 5.74) is 4.71. The molecule has 0 saturated carbocycles. The largest absolute Gasteiger partial charge is 0.463 e. The van der Waals surface area contributed by atoms with Gasteiger partial charge in [-0.25, -0.2) is 4.98 Å². The van der Waals surface area contributed by atoms with E-state index in [9.17, 15) is 9.59 Å². The molecule has 1 aliphatic heterocycles. The minimum Gasteiger partial charge on any atom is -0.463 e. The Kier molecular flexibility index (Phi) is 5.63. The molecule has 1 saturated heterocycles. The fourth-order valence-corrected chi connectivity index (χ4v) is 4.62. The van der Waals surface area contributed by atoms with Crippen molar-refractivity contribution in [2.75, 3.05) is 16.9 Å². The van der Waals surface area contributed by atoms with Crippen molar-refractivity contribution in [2.45, 2.75) is 26.8 Å². The Balaban J connectivity index is 1.53. The Morgan fingerprint density at radius 2 is 1.97 bits per heavy atom. The van der Waals surface area contributed by atoms with Crippen molar-refractivity contribution >= 4 is 29.3 Å². The molecule has 1 fully saturated rings. The van der Waals surface area contributed by atoms with Crippen LogP contribution in [-0.2, 0) is 4.79 Å². The average molecular weight is 422 g/mol. The minimum absolute atomic E-state index is 0.167. The molecule has 6 nitrogen and oxygen atoms in total. The second-order valence-corrected chi connectivity index (χ2v) is 8.33. The highest BCUT2D eigenvalue weighted by Gasteiger charge is 2.36. The third-order valence-electron chi connectivity index (χ3n) is 5.40. The van der Waals surface area contributed by atoms with Crippen LogP contribution in [0, 0.1) is 20.8 Å². The molecule has 0 bridgehead atoms. The van der Waals surface area contributed by atoms with Crippen LogP contribution in [0.5, 0.6) is 0 Å². The Morgan fingerprint density at radius 3 is 2.70 bits per heavy atom. The summed E-state index contributed by atoms with van der Waals surface area (Å²) in [4.78, 5) is 32.3. The zero-order valence-electron chi connectivity index (χ0n) is 17.1. The number of hydrogen-bond acceptors (Lipinski definition) is 5. The normalized spacial score (nSPS) is 16.0. The van der Waals surface area contributed by atoms with Gasteiger partial charge < -0.3 is 14.6 Å². The number of anilines is 1. The number of furan rings is 1. The predicted octanol–water partition coefficient (Wildman–Crippen LogP) is 4.42. The molecule has 1 aromatic carbocycles. The number of thioether (sulfide) groups is 1. The van der Waals surface area contributed by atoms with Crippen molar-refractivity contribution in [3.05, 3.63) is 71.1 Å². The van der Waals surface area contributed by atoms with Gasteiger partial charge in [0.25, 0.3) is 5.91 Å². The van der Waals surface area contributed by atoms with E-state index in [-0.39, 0.29) is 11.8 Å². The SMILES string of the molecule is Cc1cccc(NC(=O)[C@H]2CSCN2C(=O)c2ccc(-c3ccco3)nc2C)c1C. The monoisotopic (exact) mass is 421 g/mol. The molecule has 0 radical (unpaired) electrons. The van der Waals surface area contributed by atoms with Gasteiger partial charge in [-0.2, -0.15) is 0 Å². The summed E-state index contributed by atoms with van der Waals surface area (Å²) in [6.07, 6.45) is 1.59. The maximum Gasteiger partial charge on any atom is 0.257 e. The van der Waals surface area contributed by atoms with Crippen LogP contribution in [0.15, 0.2) is 53.1 Å². The van der Waals surface area contributed by atoms with Gasteiger partial charge in [0.2, 0.25) is 5.91 Å². The van der Waals surface area contributed by atoms with Crippen LogP contribution in [0.4, 0.5) is 5.69 Å². The number of benzene rings is 1. The van der Waals surface area contributed by atoms with Gasteiger partial charge in [0, 0.05) is 11.4 Å². The number of nitrogens with one attached hydrogen (secondary N) is 1. The summed E-state index contributed by atoms with van der Waals surface area (Å²) in [7, 11) is 0. The molecule has 0 aliphatic carbocycles. The molecule has 30 heavy (non-hydrogen) atoms. The van der Waals surface area contributed by atoms with E-state index in [1.54, 1.807) is 48.0 Å². The number of aryl methyl sites for hydroxylation is 2. The van der Waals surface area contributed by atoms with Gasteiger partial charge in [-0.15, -0.1) is 11.8 Å². The molecule has 1 aliphatic rings. The number of amides is 2. The maximum absolute atomic E-state index is 13.2. The molecular formula is C23H23N3O3S. The quantitative estimate of drug-likeness (QED) is 0.675. The van der Waals surface area contributed by atoms with Crippen molar-refractivity contribution in [1.82, 2.24) is 9.88 Å². The maximum atomic E-state index is 13.2. The Labute approximate surface area is 179 Å². The topological polar surface area (TPSA) is 75.4 Å². The summed E-state index contributed by atoms with van der Waals surface area (Å²) in [6.45, 7) is 5.79. The van der Waals surface area contributed by atoms with Crippen LogP contribution < -0.4 is 5.32 Å². The fourth-order valence-electron chi connectivity index (χ4n) is 3.47. The number of hydrogen-bond donors (Lipinski definition) is 1. The first-order valence-corrected chi connectivity index (χ1v) is 10.9. The van der Waals surface area contributed by atoms with E-state index in [0.717, 1.165) is 16.8 Å². The van der Waals surface area contributed by atoms with E-state index in [1.165, 1.54) is 0 Å². The molecule has 0 spiro atoms. The van der Waals surface area contributed by atoms with Gasteiger partial charge in [0.1, 0.15) is 11.7 Å². The van der Waals surface area contributed by atoms with Crippen LogP contribution in [0.1, 0.15) is 27.2 Å². The van der Waals surface area contributed by atoms with Crippen molar-refractivity contribution in [2.24, 2.45) is 0 Å². The number of nitrogens with zero attached hydrogens (tertiary/aromatic N) is 2. The smallest absolute Gasteiger partial charge is 0.257 e. The number of carbonyl (C=O) groups is 2. The second kappa shape index (κ2) is 8.36. The molecule has 4 rings (SSSR count). The summed E-state index contributed by atoms with van der Waals surface area (Å²) < 4.78 is 5.38. The zero-order chi connectivity index (χ0) is 21.3. The van der Waals surface area contributed by atoms with Crippen LogP contribution in [0.2, 0.25) is 0 Å². The minimum atomic E-state index is -0.522. The van der Waals surface area contributed by atoms with Crippen molar-refractivity contribution in [3.63, 3.8) is 0 Å². The van der Waals surface area contributed by atoms with Gasteiger partial charge in [0.05, 0.1) is 23.4 Å². The van der Waals surface area contributed by atoms with Crippen LogP contribution in [0.25, 0.3) is 11.5 Å². The highest BCUT2D eigenvalue weighted by Crippen LogP contribution is 2.27. The number of rotatable bonds is 4. The highest BCUT2D eigenvalue weighted by molar-refractivity contribution is 7.99. The third-order valence-corrected chi connectivity index (χ3v) is 6.41. The van der Waals surface area contributed by atoms with Gasteiger partial charge in [0.15, 0.2) is 5.76 Å². The van der Waals surface area contributed by atoms with E-state index in [4.69, 9.17) is 4.42 Å². The van der Waals surface area contributed by atoms with Gasteiger partial charge in [-0.05, 0) is 62.2 Å². The summed E-state index contributed by atoms with van der Waals surface area (Å²) in [6, 6.07) is 12.4.